The Morgan fingerprint density at radius 1 is 1.00 bits per heavy atom. The van der Waals surface area contributed by atoms with E-state index in [-0.39, 0.29) is 5.78 Å². The summed E-state index contributed by atoms with van der Waals surface area (Å²) in [5.74, 6) is 1.78. The van der Waals surface area contributed by atoms with Crippen LogP contribution < -0.4 is 5.32 Å². The van der Waals surface area contributed by atoms with Crippen molar-refractivity contribution in [2.45, 2.75) is 39.0 Å². The van der Waals surface area contributed by atoms with Gasteiger partial charge in [0.25, 0.3) is 0 Å². The fraction of sp³-hybridized carbons (Fsp3) is 0.889. The first-order chi connectivity index (χ1) is 11.1. The van der Waals surface area contributed by atoms with Crippen LogP contribution in [0.5, 0.6) is 0 Å². The van der Waals surface area contributed by atoms with E-state index in [2.05, 4.69) is 15.1 Å². The molecule has 0 unspecified atom stereocenters. The summed E-state index contributed by atoms with van der Waals surface area (Å²) in [6.45, 7) is 8.06. The smallest absolute Gasteiger partial charge is 0.143 e. The van der Waals surface area contributed by atoms with Gasteiger partial charge in [0.1, 0.15) is 11.6 Å². The lowest BCUT2D eigenvalue weighted by Gasteiger charge is -2.34. The van der Waals surface area contributed by atoms with E-state index in [1.807, 2.05) is 7.05 Å². The third kappa shape index (κ3) is 6.32. The number of carbonyl (C=O) groups is 2. The van der Waals surface area contributed by atoms with E-state index >= 15 is 0 Å². The molecule has 5 nitrogen and oxygen atoms in total. The van der Waals surface area contributed by atoms with E-state index in [9.17, 15) is 9.59 Å². The number of nitrogens with zero attached hydrogens (tertiary/aromatic N) is 2. The predicted octanol–water partition coefficient (Wildman–Crippen LogP) is 1.18. The minimum Gasteiger partial charge on any atom is -0.319 e. The maximum absolute atomic E-state index is 12.4. The summed E-state index contributed by atoms with van der Waals surface area (Å²) < 4.78 is 0. The molecule has 2 fully saturated rings. The molecule has 0 bridgehead atoms. The van der Waals surface area contributed by atoms with Crippen molar-refractivity contribution in [1.29, 1.82) is 0 Å². The molecule has 1 saturated carbocycles. The molecule has 0 aromatic carbocycles. The van der Waals surface area contributed by atoms with Gasteiger partial charge in [-0.1, -0.05) is 0 Å². The Kier molecular flexibility index (Phi) is 7.66. The van der Waals surface area contributed by atoms with Crippen LogP contribution in [0.1, 0.15) is 39.0 Å². The Bertz CT molecular complexity index is 384. The van der Waals surface area contributed by atoms with Crippen LogP contribution in [-0.4, -0.2) is 74.2 Å². The topological polar surface area (TPSA) is 52.7 Å². The third-order valence-corrected chi connectivity index (χ3v) is 5.38. The molecule has 1 aliphatic carbocycles. The van der Waals surface area contributed by atoms with Gasteiger partial charge in [-0.2, -0.15) is 0 Å². The molecule has 0 aromatic rings. The van der Waals surface area contributed by atoms with Crippen LogP contribution in [0.4, 0.5) is 0 Å². The fourth-order valence-corrected chi connectivity index (χ4v) is 3.94. The van der Waals surface area contributed by atoms with E-state index in [0.717, 1.165) is 58.0 Å². The van der Waals surface area contributed by atoms with Gasteiger partial charge in [-0.05, 0) is 52.1 Å². The van der Waals surface area contributed by atoms with Gasteiger partial charge in [-0.25, -0.2) is 0 Å². The molecule has 1 aliphatic heterocycles. The molecule has 23 heavy (non-hydrogen) atoms. The maximum Gasteiger partial charge on any atom is 0.143 e. The number of piperazine rings is 1. The zero-order chi connectivity index (χ0) is 16.7. The minimum atomic E-state index is 0.238. The van der Waals surface area contributed by atoms with E-state index < -0.39 is 0 Å². The average molecular weight is 323 g/mol. The molecule has 5 heteroatoms. The molecule has 0 amide bonds. The van der Waals surface area contributed by atoms with Gasteiger partial charge >= 0.3 is 0 Å². The Morgan fingerprint density at radius 2 is 1.61 bits per heavy atom. The van der Waals surface area contributed by atoms with Crippen LogP contribution in [0.25, 0.3) is 0 Å². The number of hydrogen-bond donors (Lipinski definition) is 1. The zero-order valence-corrected chi connectivity index (χ0v) is 14.9. The standard InChI is InChI=1S/C18H33N3O2/c1-15(22)14-21-11-9-20(10-12-21)8-7-18(23)17-5-3-16(4-6-17)13-19-2/h16-17,19H,3-14H2,1-2H3/t16-,17-. The molecule has 0 atom stereocenters. The van der Waals surface area contributed by atoms with Gasteiger partial charge in [-0.15, -0.1) is 0 Å². The predicted molar refractivity (Wildman–Crippen MR) is 92.6 cm³/mol. The fourth-order valence-electron chi connectivity index (χ4n) is 3.94. The van der Waals surface area contributed by atoms with Gasteiger partial charge < -0.3 is 10.2 Å². The summed E-state index contributed by atoms with van der Waals surface area (Å²) in [7, 11) is 2.01. The number of nitrogens with one attached hydrogen (secondary N) is 1. The first-order valence-electron chi connectivity index (χ1n) is 9.20. The van der Waals surface area contributed by atoms with E-state index in [1.54, 1.807) is 6.92 Å². The molecular formula is C18H33N3O2. The second kappa shape index (κ2) is 9.50. The molecule has 132 valence electrons. The highest BCUT2D eigenvalue weighted by Gasteiger charge is 2.26. The van der Waals surface area contributed by atoms with Crippen molar-refractivity contribution < 1.29 is 9.59 Å². The molecule has 2 rings (SSSR count). The highest BCUT2D eigenvalue weighted by molar-refractivity contribution is 5.81. The lowest BCUT2D eigenvalue weighted by Crippen LogP contribution is -2.48. The quantitative estimate of drug-likeness (QED) is 0.727. The van der Waals surface area contributed by atoms with Crippen molar-refractivity contribution >= 4 is 11.6 Å². The summed E-state index contributed by atoms with van der Waals surface area (Å²) >= 11 is 0. The molecular weight excluding hydrogens is 290 g/mol. The number of Topliss-reactive ketones (excluding diaryl/α,β-unsaturated/α-hetero) is 2. The molecule has 0 radical (unpaired) electrons. The summed E-state index contributed by atoms with van der Waals surface area (Å²) in [6, 6.07) is 0. The van der Waals surface area contributed by atoms with Crippen molar-refractivity contribution in [2.24, 2.45) is 11.8 Å². The van der Waals surface area contributed by atoms with Crippen molar-refractivity contribution in [3.8, 4) is 0 Å². The van der Waals surface area contributed by atoms with Crippen LogP contribution in [0.2, 0.25) is 0 Å². The summed E-state index contributed by atoms with van der Waals surface area (Å²) in [5.41, 5.74) is 0. The Labute approximate surface area is 140 Å². The van der Waals surface area contributed by atoms with Crippen molar-refractivity contribution in [3.63, 3.8) is 0 Å². The lowest BCUT2D eigenvalue weighted by molar-refractivity contribution is -0.124. The van der Waals surface area contributed by atoms with E-state index in [0.29, 0.717) is 24.7 Å². The number of rotatable bonds is 8. The van der Waals surface area contributed by atoms with Gasteiger partial charge in [0.2, 0.25) is 0 Å². The van der Waals surface area contributed by atoms with Crippen molar-refractivity contribution in [1.82, 2.24) is 15.1 Å². The van der Waals surface area contributed by atoms with Crippen LogP contribution >= 0.6 is 0 Å². The SMILES string of the molecule is CNC[C@H]1CC[C@H](C(=O)CCN2CCN(CC(C)=O)CC2)CC1. The molecule has 2 aliphatic rings. The van der Waals surface area contributed by atoms with Crippen LogP contribution in [0, 0.1) is 11.8 Å². The highest BCUT2D eigenvalue weighted by atomic mass is 16.1. The lowest BCUT2D eigenvalue weighted by atomic mass is 9.79. The Balaban J connectivity index is 1.61. The Morgan fingerprint density at radius 3 is 2.17 bits per heavy atom. The Hall–Kier alpha value is -0.780. The highest BCUT2D eigenvalue weighted by Crippen LogP contribution is 2.29. The number of hydrogen-bond acceptors (Lipinski definition) is 5. The van der Waals surface area contributed by atoms with Crippen molar-refractivity contribution in [2.75, 3.05) is 52.9 Å². The average Bonchev–Trinajstić information content (AvgIpc) is 2.54. The first kappa shape index (κ1) is 18.6. The molecule has 0 spiro atoms. The molecule has 1 saturated heterocycles. The summed E-state index contributed by atoms with van der Waals surface area (Å²) in [6.07, 6.45) is 5.26. The number of carbonyl (C=O) groups excluding carboxylic acids is 2. The van der Waals surface area contributed by atoms with Gasteiger partial charge in [0.05, 0.1) is 6.54 Å². The monoisotopic (exact) mass is 323 g/mol. The minimum absolute atomic E-state index is 0.238. The van der Waals surface area contributed by atoms with Gasteiger partial charge in [0, 0.05) is 45.1 Å². The largest absolute Gasteiger partial charge is 0.319 e. The summed E-state index contributed by atoms with van der Waals surface area (Å²) in [4.78, 5) is 28.1. The zero-order valence-electron chi connectivity index (χ0n) is 14.9. The van der Waals surface area contributed by atoms with Gasteiger partial charge in [0.15, 0.2) is 0 Å². The molecule has 0 aromatic heterocycles. The summed E-state index contributed by atoms with van der Waals surface area (Å²) in [5, 5.41) is 3.25. The van der Waals surface area contributed by atoms with Crippen LogP contribution in [0.15, 0.2) is 0 Å². The number of ketones is 2. The third-order valence-electron chi connectivity index (χ3n) is 5.38. The normalized spacial score (nSPS) is 27.0. The second-order valence-electron chi connectivity index (χ2n) is 7.31. The van der Waals surface area contributed by atoms with Crippen LogP contribution in [0.3, 0.4) is 0 Å². The molecule has 1 N–H and O–H groups in total. The van der Waals surface area contributed by atoms with Crippen molar-refractivity contribution in [3.05, 3.63) is 0 Å². The van der Waals surface area contributed by atoms with E-state index in [1.165, 1.54) is 12.8 Å². The maximum atomic E-state index is 12.4. The van der Waals surface area contributed by atoms with Crippen LogP contribution in [-0.2, 0) is 9.59 Å². The second-order valence-corrected chi connectivity index (χ2v) is 7.31. The van der Waals surface area contributed by atoms with Gasteiger partial charge in [-0.3, -0.25) is 14.5 Å². The van der Waals surface area contributed by atoms with E-state index in [4.69, 9.17) is 0 Å². The molecule has 1 heterocycles. The first-order valence-corrected chi connectivity index (χ1v) is 9.20.